The number of carbonyl (C=O) groups is 1. The predicted molar refractivity (Wildman–Crippen MR) is 94.1 cm³/mol. The Bertz CT molecular complexity index is 711. The summed E-state index contributed by atoms with van der Waals surface area (Å²) in [4.78, 5) is 12.8. The molecule has 4 heteroatoms. The Balaban J connectivity index is 0.000000168. The van der Waals surface area contributed by atoms with Crippen molar-refractivity contribution in [2.75, 3.05) is 19.4 Å². The van der Waals surface area contributed by atoms with Crippen molar-refractivity contribution in [2.24, 2.45) is 0 Å². The monoisotopic (exact) mass is 312 g/mol. The van der Waals surface area contributed by atoms with Gasteiger partial charge in [0.05, 0.1) is 5.56 Å². The minimum atomic E-state index is 0.0584. The molecule has 0 amide bonds. The third kappa shape index (κ3) is 3.90. The molecule has 2 N–H and O–H groups in total. The van der Waals surface area contributed by atoms with Crippen molar-refractivity contribution in [3.8, 4) is 5.75 Å². The van der Waals surface area contributed by atoms with Crippen LogP contribution in [0.5, 0.6) is 5.75 Å². The highest BCUT2D eigenvalue weighted by molar-refractivity contribution is 5.81. The lowest BCUT2D eigenvalue weighted by atomic mass is 10.0. The zero-order valence-corrected chi connectivity index (χ0v) is 14.2. The normalized spacial score (nSPS) is 13.0. The Kier molecular flexibility index (Phi) is 5.40. The third-order valence-corrected chi connectivity index (χ3v) is 4.26. The quantitative estimate of drug-likeness (QED) is 0.834. The minimum Gasteiger partial charge on any atom is -0.507 e. The number of phenolic OH excluding ortho intramolecular Hbond substituents is 1. The second kappa shape index (κ2) is 7.29. The standard InChI is InChI=1S/C10H14N2.C9H10O2/c1-11-10-4-3-8-6-12(2)7-9(8)5-10;1-6-3-4-9(11)8(5-10)7(6)2/h3-5,11H,6-7H2,1-2H3;3-5,11H,1-2H3. The van der Waals surface area contributed by atoms with Gasteiger partial charge in [0.15, 0.2) is 6.29 Å². The first-order valence-corrected chi connectivity index (χ1v) is 7.68. The summed E-state index contributed by atoms with van der Waals surface area (Å²) in [6.45, 7) is 5.91. The van der Waals surface area contributed by atoms with Gasteiger partial charge in [-0.2, -0.15) is 0 Å². The Morgan fingerprint density at radius 1 is 1.13 bits per heavy atom. The van der Waals surface area contributed by atoms with E-state index in [1.165, 1.54) is 22.9 Å². The molecule has 1 aliphatic heterocycles. The minimum absolute atomic E-state index is 0.0584. The van der Waals surface area contributed by atoms with E-state index in [-0.39, 0.29) is 5.75 Å². The van der Waals surface area contributed by atoms with Crippen LogP contribution in [-0.2, 0) is 13.1 Å². The van der Waals surface area contributed by atoms with Crippen LogP contribution >= 0.6 is 0 Å². The van der Waals surface area contributed by atoms with Gasteiger partial charge in [-0.3, -0.25) is 9.69 Å². The smallest absolute Gasteiger partial charge is 0.154 e. The number of carbonyl (C=O) groups excluding carboxylic acids is 1. The number of rotatable bonds is 2. The van der Waals surface area contributed by atoms with Crippen molar-refractivity contribution in [1.82, 2.24) is 4.90 Å². The van der Waals surface area contributed by atoms with Crippen molar-refractivity contribution < 1.29 is 9.90 Å². The molecule has 0 aromatic heterocycles. The van der Waals surface area contributed by atoms with Gasteiger partial charge in [-0.1, -0.05) is 12.1 Å². The van der Waals surface area contributed by atoms with Gasteiger partial charge >= 0.3 is 0 Å². The fourth-order valence-corrected chi connectivity index (χ4v) is 2.69. The van der Waals surface area contributed by atoms with Gasteiger partial charge < -0.3 is 10.4 Å². The van der Waals surface area contributed by atoms with Crippen LogP contribution in [0.15, 0.2) is 30.3 Å². The fourth-order valence-electron chi connectivity index (χ4n) is 2.69. The molecule has 1 heterocycles. The fraction of sp³-hybridized carbons (Fsp3) is 0.316. The highest BCUT2D eigenvalue weighted by Gasteiger charge is 2.14. The lowest BCUT2D eigenvalue weighted by molar-refractivity contribution is 0.112. The molecule has 4 nitrogen and oxygen atoms in total. The van der Waals surface area contributed by atoms with E-state index in [9.17, 15) is 9.90 Å². The summed E-state index contributed by atoms with van der Waals surface area (Å²) in [6.07, 6.45) is 0.678. The highest BCUT2D eigenvalue weighted by Crippen LogP contribution is 2.24. The molecule has 1 aliphatic rings. The van der Waals surface area contributed by atoms with Gasteiger partial charge in [0.25, 0.3) is 0 Å². The van der Waals surface area contributed by atoms with Crippen molar-refractivity contribution >= 4 is 12.0 Å². The topological polar surface area (TPSA) is 52.6 Å². The first-order valence-electron chi connectivity index (χ1n) is 7.68. The van der Waals surface area contributed by atoms with Crippen LogP contribution in [-0.4, -0.2) is 30.4 Å². The molecule has 0 aliphatic carbocycles. The molecule has 2 aromatic carbocycles. The molecule has 0 fully saturated rings. The van der Waals surface area contributed by atoms with Crippen LogP contribution in [0, 0.1) is 13.8 Å². The number of benzene rings is 2. The number of phenols is 1. The maximum absolute atomic E-state index is 10.4. The van der Waals surface area contributed by atoms with E-state index in [2.05, 4.69) is 35.5 Å². The molecular weight excluding hydrogens is 288 g/mol. The third-order valence-electron chi connectivity index (χ3n) is 4.26. The molecule has 122 valence electrons. The van der Waals surface area contributed by atoms with Crippen molar-refractivity contribution in [3.63, 3.8) is 0 Å². The van der Waals surface area contributed by atoms with Crippen LogP contribution in [0.1, 0.15) is 32.6 Å². The number of fused-ring (bicyclic) bond motifs is 1. The molecule has 3 rings (SSSR count). The summed E-state index contributed by atoms with van der Waals surface area (Å²) in [5.74, 6) is 0.0584. The summed E-state index contributed by atoms with van der Waals surface area (Å²) in [5.41, 5.74) is 6.40. The number of hydrogen-bond donors (Lipinski definition) is 2. The van der Waals surface area contributed by atoms with Gasteiger partial charge in [0, 0.05) is 25.8 Å². The second-order valence-corrected chi connectivity index (χ2v) is 5.96. The first kappa shape index (κ1) is 17.0. The molecule has 0 radical (unpaired) electrons. The summed E-state index contributed by atoms with van der Waals surface area (Å²) >= 11 is 0. The summed E-state index contributed by atoms with van der Waals surface area (Å²) in [7, 11) is 4.11. The number of nitrogens with one attached hydrogen (secondary N) is 1. The SMILES string of the molecule is CNc1ccc2c(c1)CN(C)C2.Cc1ccc(O)c(C=O)c1C. The van der Waals surface area contributed by atoms with Crippen LogP contribution in [0.4, 0.5) is 5.69 Å². The predicted octanol–water partition coefficient (Wildman–Crippen LogP) is 3.50. The van der Waals surface area contributed by atoms with E-state index in [4.69, 9.17) is 0 Å². The molecule has 0 unspecified atom stereocenters. The largest absolute Gasteiger partial charge is 0.507 e. The van der Waals surface area contributed by atoms with Crippen LogP contribution < -0.4 is 5.32 Å². The van der Waals surface area contributed by atoms with Gasteiger partial charge in [-0.15, -0.1) is 0 Å². The van der Waals surface area contributed by atoms with Gasteiger partial charge in [-0.25, -0.2) is 0 Å². The lowest BCUT2D eigenvalue weighted by Gasteiger charge is -2.03. The molecular formula is C19H24N2O2. The van der Waals surface area contributed by atoms with E-state index >= 15 is 0 Å². The zero-order valence-electron chi connectivity index (χ0n) is 14.2. The Morgan fingerprint density at radius 3 is 2.43 bits per heavy atom. The van der Waals surface area contributed by atoms with Gasteiger partial charge in [-0.05, 0) is 61.3 Å². The highest BCUT2D eigenvalue weighted by atomic mass is 16.3. The second-order valence-electron chi connectivity index (χ2n) is 5.96. The number of hydrogen-bond acceptors (Lipinski definition) is 4. The molecule has 0 bridgehead atoms. The zero-order chi connectivity index (χ0) is 17.0. The molecule has 0 atom stereocenters. The molecule has 0 spiro atoms. The van der Waals surface area contributed by atoms with E-state index < -0.39 is 0 Å². The maximum atomic E-state index is 10.4. The maximum Gasteiger partial charge on any atom is 0.154 e. The summed E-state index contributed by atoms with van der Waals surface area (Å²) in [5, 5.41) is 12.3. The molecule has 23 heavy (non-hydrogen) atoms. The molecule has 0 saturated heterocycles. The molecule has 0 saturated carbocycles. The Hall–Kier alpha value is -2.33. The van der Waals surface area contributed by atoms with E-state index in [0.717, 1.165) is 24.2 Å². The van der Waals surface area contributed by atoms with E-state index in [1.807, 2.05) is 20.9 Å². The Labute approximate surface area is 137 Å². The number of aldehydes is 1. The van der Waals surface area contributed by atoms with E-state index in [1.54, 1.807) is 6.07 Å². The summed E-state index contributed by atoms with van der Waals surface area (Å²) in [6, 6.07) is 9.91. The number of anilines is 1. The average molecular weight is 312 g/mol. The average Bonchev–Trinajstić information content (AvgIpc) is 2.91. The van der Waals surface area contributed by atoms with Crippen molar-refractivity contribution in [2.45, 2.75) is 26.9 Å². The van der Waals surface area contributed by atoms with Crippen molar-refractivity contribution in [3.05, 3.63) is 58.1 Å². The number of nitrogens with zero attached hydrogens (tertiary/aromatic N) is 1. The molecule has 2 aromatic rings. The van der Waals surface area contributed by atoms with Gasteiger partial charge in [0.2, 0.25) is 0 Å². The van der Waals surface area contributed by atoms with E-state index in [0.29, 0.717) is 11.8 Å². The Morgan fingerprint density at radius 2 is 1.83 bits per heavy atom. The number of aromatic hydroxyl groups is 1. The van der Waals surface area contributed by atoms with Crippen LogP contribution in [0.25, 0.3) is 0 Å². The summed E-state index contributed by atoms with van der Waals surface area (Å²) < 4.78 is 0. The lowest BCUT2D eigenvalue weighted by Crippen LogP contribution is -2.07. The van der Waals surface area contributed by atoms with Crippen LogP contribution in [0.3, 0.4) is 0 Å². The number of aryl methyl sites for hydroxylation is 1. The van der Waals surface area contributed by atoms with Crippen molar-refractivity contribution in [1.29, 1.82) is 0 Å². The van der Waals surface area contributed by atoms with Crippen LogP contribution in [0.2, 0.25) is 0 Å². The van der Waals surface area contributed by atoms with Gasteiger partial charge in [0.1, 0.15) is 5.75 Å². The first-order chi connectivity index (χ1) is 11.0.